The average Bonchev–Trinajstić information content (AvgIpc) is 2.87. The van der Waals surface area contributed by atoms with Gasteiger partial charge in [0.1, 0.15) is 6.04 Å². The number of carbonyl (C=O) groups is 1. The van der Waals surface area contributed by atoms with Gasteiger partial charge in [0.2, 0.25) is 5.91 Å². The number of hydrogen-bond acceptors (Lipinski definition) is 3. The molecule has 100 valence electrons. The van der Waals surface area contributed by atoms with Gasteiger partial charge in [0.25, 0.3) is 0 Å². The maximum absolute atomic E-state index is 11.7. The van der Waals surface area contributed by atoms with Gasteiger partial charge in [0.05, 0.1) is 5.69 Å². The zero-order valence-electron chi connectivity index (χ0n) is 11.4. The van der Waals surface area contributed by atoms with Crippen LogP contribution in [0.15, 0.2) is 0 Å². The molecule has 18 heavy (non-hydrogen) atoms. The first kappa shape index (κ1) is 13.1. The van der Waals surface area contributed by atoms with E-state index in [1.165, 1.54) is 12.8 Å². The lowest BCUT2D eigenvalue weighted by Gasteiger charge is -2.21. The number of nitrogens with two attached hydrogens (primary N) is 1. The molecule has 1 fully saturated rings. The third kappa shape index (κ3) is 2.41. The quantitative estimate of drug-likeness (QED) is 0.840. The highest BCUT2D eigenvalue weighted by Crippen LogP contribution is 2.25. The molecular weight excluding hydrogens is 228 g/mol. The lowest BCUT2D eigenvalue weighted by Crippen LogP contribution is -2.39. The number of aryl methyl sites for hydroxylation is 2. The molecule has 1 aliphatic carbocycles. The number of carbonyl (C=O) groups excluding carboxylic acids is 1. The van der Waals surface area contributed by atoms with Gasteiger partial charge in [-0.05, 0) is 26.7 Å². The normalized spacial score (nSPS) is 18.2. The van der Waals surface area contributed by atoms with E-state index in [1.54, 1.807) is 4.68 Å². The Labute approximate surface area is 108 Å². The van der Waals surface area contributed by atoms with E-state index in [-0.39, 0.29) is 5.91 Å². The first-order chi connectivity index (χ1) is 8.50. The summed E-state index contributed by atoms with van der Waals surface area (Å²) in [6.07, 6.45) is 4.71. The van der Waals surface area contributed by atoms with Gasteiger partial charge in [-0.2, -0.15) is 5.10 Å². The third-order valence-electron chi connectivity index (χ3n) is 3.90. The Morgan fingerprint density at radius 2 is 2.06 bits per heavy atom. The summed E-state index contributed by atoms with van der Waals surface area (Å²) >= 11 is 0. The Morgan fingerprint density at radius 3 is 2.50 bits per heavy atom. The predicted molar refractivity (Wildman–Crippen MR) is 70.0 cm³/mol. The highest BCUT2D eigenvalue weighted by Gasteiger charge is 2.28. The van der Waals surface area contributed by atoms with Gasteiger partial charge in [-0.3, -0.25) is 14.8 Å². The van der Waals surface area contributed by atoms with Crippen LogP contribution in [0, 0.1) is 13.8 Å². The second kappa shape index (κ2) is 5.10. The molecule has 1 atom stereocenters. The minimum atomic E-state index is -0.415. The van der Waals surface area contributed by atoms with E-state index in [1.807, 2.05) is 20.9 Å². The zero-order chi connectivity index (χ0) is 13.3. The van der Waals surface area contributed by atoms with Crippen LogP contribution in [0.3, 0.4) is 0 Å². The molecule has 1 saturated carbocycles. The Balaban J connectivity index is 2.26. The highest BCUT2D eigenvalue weighted by molar-refractivity contribution is 5.82. The molecule has 0 aliphatic heterocycles. The van der Waals surface area contributed by atoms with Crippen LogP contribution >= 0.6 is 0 Å². The maximum Gasteiger partial charge on any atom is 0.239 e. The van der Waals surface area contributed by atoms with E-state index in [2.05, 4.69) is 10.4 Å². The lowest BCUT2D eigenvalue weighted by molar-refractivity contribution is -0.120. The molecule has 1 aromatic heterocycles. The molecule has 1 heterocycles. The SMILES string of the molecule is Cc1nn(C)c(C)c1C(NC1CCCC1)C(N)=O. The van der Waals surface area contributed by atoms with Gasteiger partial charge >= 0.3 is 0 Å². The van der Waals surface area contributed by atoms with Crippen LogP contribution in [0.25, 0.3) is 0 Å². The summed E-state index contributed by atoms with van der Waals surface area (Å²) in [7, 11) is 1.89. The van der Waals surface area contributed by atoms with Gasteiger partial charge in [-0.15, -0.1) is 0 Å². The number of nitrogens with one attached hydrogen (secondary N) is 1. The number of amides is 1. The monoisotopic (exact) mass is 250 g/mol. The molecule has 1 aromatic rings. The number of aromatic nitrogens is 2. The van der Waals surface area contributed by atoms with Gasteiger partial charge in [0, 0.05) is 24.3 Å². The number of nitrogens with zero attached hydrogens (tertiary/aromatic N) is 2. The molecule has 2 rings (SSSR count). The fraction of sp³-hybridized carbons (Fsp3) is 0.692. The van der Waals surface area contributed by atoms with Gasteiger partial charge < -0.3 is 5.73 Å². The Morgan fingerprint density at radius 1 is 1.44 bits per heavy atom. The summed E-state index contributed by atoms with van der Waals surface area (Å²) in [6.45, 7) is 3.90. The van der Waals surface area contributed by atoms with Crippen molar-refractivity contribution in [2.24, 2.45) is 12.8 Å². The van der Waals surface area contributed by atoms with E-state index in [9.17, 15) is 4.79 Å². The second-order valence-electron chi connectivity index (χ2n) is 5.19. The zero-order valence-corrected chi connectivity index (χ0v) is 11.4. The van der Waals surface area contributed by atoms with Gasteiger partial charge in [0.15, 0.2) is 0 Å². The van der Waals surface area contributed by atoms with Crippen LogP contribution in [-0.4, -0.2) is 21.7 Å². The summed E-state index contributed by atoms with van der Waals surface area (Å²) in [5, 5.41) is 7.76. The molecule has 1 amide bonds. The van der Waals surface area contributed by atoms with Crippen molar-refractivity contribution >= 4 is 5.91 Å². The van der Waals surface area contributed by atoms with Crippen molar-refractivity contribution in [3.8, 4) is 0 Å². The largest absolute Gasteiger partial charge is 0.368 e. The Bertz CT molecular complexity index is 446. The minimum absolute atomic E-state index is 0.318. The summed E-state index contributed by atoms with van der Waals surface area (Å²) in [4.78, 5) is 11.7. The standard InChI is InChI=1S/C13H22N4O/c1-8-11(9(2)17(3)16-8)12(13(14)18)15-10-6-4-5-7-10/h10,12,15H,4-7H2,1-3H3,(H2,14,18). The fourth-order valence-electron chi connectivity index (χ4n) is 2.84. The van der Waals surface area contributed by atoms with Crippen LogP contribution in [0.4, 0.5) is 0 Å². The third-order valence-corrected chi connectivity index (χ3v) is 3.90. The van der Waals surface area contributed by atoms with Crippen LogP contribution in [0.1, 0.15) is 48.7 Å². The molecule has 0 saturated heterocycles. The fourth-order valence-corrected chi connectivity index (χ4v) is 2.84. The van der Waals surface area contributed by atoms with Crippen molar-refractivity contribution in [2.75, 3.05) is 0 Å². The van der Waals surface area contributed by atoms with Crippen molar-refractivity contribution in [2.45, 2.75) is 51.6 Å². The van der Waals surface area contributed by atoms with E-state index < -0.39 is 6.04 Å². The molecule has 0 bridgehead atoms. The maximum atomic E-state index is 11.7. The summed E-state index contributed by atoms with van der Waals surface area (Å²) in [6, 6.07) is -0.0108. The van der Waals surface area contributed by atoms with Gasteiger partial charge in [-0.1, -0.05) is 12.8 Å². The molecule has 3 N–H and O–H groups in total. The molecule has 0 aromatic carbocycles. The van der Waals surface area contributed by atoms with E-state index in [0.717, 1.165) is 29.8 Å². The van der Waals surface area contributed by atoms with E-state index >= 15 is 0 Å². The first-order valence-corrected chi connectivity index (χ1v) is 6.56. The van der Waals surface area contributed by atoms with Crippen molar-refractivity contribution in [3.05, 3.63) is 17.0 Å². The topological polar surface area (TPSA) is 72.9 Å². The van der Waals surface area contributed by atoms with Crippen molar-refractivity contribution < 1.29 is 4.79 Å². The van der Waals surface area contributed by atoms with Crippen LogP contribution in [0.2, 0.25) is 0 Å². The van der Waals surface area contributed by atoms with Crippen molar-refractivity contribution in [1.82, 2.24) is 15.1 Å². The van der Waals surface area contributed by atoms with Crippen molar-refractivity contribution in [3.63, 3.8) is 0 Å². The first-order valence-electron chi connectivity index (χ1n) is 6.56. The predicted octanol–water partition coefficient (Wildman–Crippen LogP) is 1.10. The molecule has 1 unspecified atom stereocenters. The van der Waals surface area contributed by atoms with Crippen molar-refractivity contribution in [1.29, 1.82) is 0 Å². The minimum Gasteiger partial charge on any atom is -0.368 e. The average molecular weight is 250 g/mol. The van der Waals surface area contributed by atoms with Crippen LogP contribution < -0.4 is 11.1 Å². The van der Waals surface area contributed by atoms with Gasteiger partial charge in [-0.25, -0.2) is 0 Å². The Kier molecular flexibility index (Phi) is 3.71. The molecule has 1 aliphatic rings. The van der Waals surface area contributed by atoms with Crippen LogP contribution in [0.5, 0.6) is 0 Å². The smallest absolute Gasteiger partial charge is 0.239 e. The van der Waals surface area contributed by atoms with E-state index in [4.69, 9.17) is 5.73 Å². The summed E-state index contributed by atoms with van der Waals surface area (Å²) < 4.78 is 1.80. The Hall–Kier alpha value is -1.36. The number of hydrogen-bond donors (Lipinski definition) is 2. The second-order valence-corrected chi connectivity index (χ2v) is 5.19. The molecule has 0 radical (unpaired) electrons. The molecular formula is C13H22N4O. The van der Waals surface area contributed by atoms with E-state index in [0.29, 0.717) is 6.04 Å². The summed E-state index contributed by atoms with van der Waals surface area (Å²) in [5.74, 6) is -0.318. The molecule has 5 heteroatoms. The van der Waals surface area contributed by atoms with Crippen LogP contribution in [-0.2, 0) is 11.8 Å². The lowest BCUT2D eigenvalue weighted by atomic mass is 10.0. The highest BCUT2D eigenvalue weighted by atomic mass is 16.1. The molecule has 0 spiro atoms. The number of primary amides is 1. The molecule has 5 nitrogen and oxygen atoms in total. The number of rotatable bonds is 4. The summed E-state index contributed by atoms with van der Waals surface area (Å²) in [5.41, 5.74) is 8.38.